The average molecular weight is 594 g/mol. The van der Waals surface area contributed by atoms with Crippen LogP contribution < -0.4 is 4.90 Å². The number of hydrogen-bond acceptors (Lipinski definition) is 4. The number of rotatable bonds is 19. The maximum absolute atomic E-state index is 13.4. The Hall–Kier alpha value is -3.48. The highest BCUT2D eigenvalue weighted by atomic mass is 19.4. The maximum Gasteiger partial charge on any atom is 0.454 e. The van der Waals surface area contributed by atoms with Gasteiger partial charge in [-0.15, -0.1) is 5.11 Å². The topological polar surface area (TPSA) is 45.0 Å². The smallest absolute Gasteiger partial charge is 0.371 e. The van der Waals surface area contributed by atoms with Gasteiger partial charge in [-0.1, -0.05) is 114 Å². The van der Waals surface area contributed by atoms with E-state index in [0.29, 0.717) is 16.9 Å². The Morgan fingerprint density at radius 2 is 1.21 bits per heavy atom. The number of para-hydroxylation sites is 1. The normalized spacial score (nSPS) is 11.7. The molecule has 0 spiro atoms. The first-order valence-corrected chi connectivity index (χ1v) is 15.9. The van der Waals surface area contributed by atoms with Gasteiger partial charge < -0.3 is 4.90 Å². The standard InChI is InChI=1S/C36H46F3N3O/c1-3-5-7-9-11-18-26-42(27-19-12-10-8-6-4-2)34-23-17-16-22-31(34)32-28-29(35(43)36(37,38)39)24-25-33(32)41-40-30-20-14-13-15-21-30/h13-17,20-25,28H,3-12,18-19,26-27H2,1-2H3. The van der Waals surface area contributed by atoms with Gasteiger partial charge in [-0.3, -0.25) is 4.79 Å². The molecule has 0 atom stereocenters. The number of hydrogen-bond donors (Lipinski definition) is 0. The molecule has 0 bridgehead atoms. The molecule has 0 unspecified atom stereocenters. The Balaban J connectivity index is 1.98. The SMILES string of the molecule is CCCCCCCCN(CCCCCCCC)c1ccccc1-c1cc(C(=O)C(F)(F)F)ccc1N=Nc1ccccc1. The van der Waals surface area contributed by atoms with Crippen LogP contribution in [-0.2, 0) is 0 Å². The number of halogens is 3. The van der Waals surface area contributed by atoms with Gasteiger partial charge >= 0.3 is 6.18 Å². The van der Waals surface area contributed by atoms with E-state index in [1.54, 1.807) is 12.1 Å². The third-order valence-corrected chi connectivity index (χ3v) is 7.64. The van der Waals surface area contributed by atoms with Crippen LogP contribution in [0.25, 0.3) is 11.1 Å². The fourth-order valence-corrected chi connectivity index (χ4v) is 5.25. The highest BCUT2D eigenvalue weighted by Crippen LogP contribution is 2.39. The minimum absolute atomic E-state index is 0.408. The van der Waals surface area contributed by atoms with Crippen molar-refractivity contribution in [3.63, 3.8) is 0 Å². The molecule has 0 amide bonds. The second kappa shape index (κ2) is 18.2. The van der Waals surface area contributed by atoms with Crippen molar-refractivity contribution in [1.82, 2.24) is 0 Å². The number of Topliss-reactive ketones (excluding diaryl/α,β-unsaturated/α-hetero) is 1. The first-order valence-electron chi connectivity index (χ1n) is 15.9. The molecule has 232 valence electrons. The van der Waals surface area contributed by atoms with Gasteiger partial charge in [-0.05, 0) is 49.2 Å². The van der Waals surface area contributed by atoms with Crippen molar-refractivity contribution in [2.75, 3.05) is 18.0 Å². The molecule has 0 aromatic heterocycles. The molecule has 43 heavy (non-hydrogen) atoms. The number of unbranched alkanes of at least 4 members (excludes halogenated alkanes) is 10. The molecule has 3 aromatic rings. The maximum atomic E-state index is 13.4. The van der Waals surface area contributed by atoms with Crippen LogP contribution in [0.2, 0.25) is 0 Å². The van der Waals surface area contributed by atoms with E-state index in [9.17, 15) is 18.0 Å². The van der Waals surface area contributed by atoms with Gasteiger partial charge in [0.2, 0.25) is 0 Å². The number of carbonyl (C=O) groups excluding carboxylic acids is 1. The quantitative estimate of drug-likeness (QED) is 0.0788. The van der Waals surface area contributed by atoms with E-state index >= 15 is 0 Å². The predicted molar refractivity (Wildman–Crippen MR) is 172 cm³/mol. The van der Waals surface area contributed by atoms with E-state index in [0.717, 1.165) is 50.0 Å². The molecule has 0 fully saturated rings. The molecule has 0 radical (unpaired) electrons. The van der Waals surface area contributed by atoms with Gasteiger partial charge in [0.05, 0.1) is 11.4 Å². The summed E-state index contributed by atoms with van der Waals surface area (Å²) >= 11 is 0. The number of alkyl halides is 3. The minimum Gasteiger partial charge on any atom is -0.371 e. The molecule has 0 heterocycles. The summed E-state index contributed by atoms with van der Waals surface area (Å²) in [6, 6.07) is 20.9. The summed E-state index contributed by atoms with van der Waals surface area (Å²) < 4.78 is 40.3. The van der Waals surface area contributed by atoms with Gasteiger partial charge in [0.15, 0.2) is 0 Å². The minimum atomic E-state index is -4.97. The van der Waals surface area contributed by atoms with Crippen LogP contribution in [0.5, 0.6) is 0 Å². The van der Waals surface area contributed by atoms with E-state index in [1.165, 1.54) is 69.6 Å². The zero-order valence-electron chi connectivity index (χ0n) is 25.7. The number of nitrogens with zero attached hydrogens (tertiary/aromatic N) is 3. The molecule has 0 saturated heterocycles. The number of benzene rings is 3. The van der Waals surface area contributed by atoms with Gasteiger partial charge in [-0.2, -0.15) is 18.3 Å². The average Bonchev–Trinajstić information content (AvgIpc) is 3.02. The Labute approximate surface area is 255 Å². The highest BCUT2D eigenvalue weighted by molar-refractivity contribution is 6.02. The molecule has 7 heteroatoms. The third kappa shape index (κ3) is 11.3. The van der Waals surface area contributed by atoms with Crippen molar-refractivity contribution >= 4 is 22.8 Å². The Morgan fingerprint density at radius 1 is 0.651 bits per heavy atom. The molecule has 3 rings (SSSR count). The van der Waals surface area contributed by atoms with Crippen LogP contribution in [0.1, 0.15) is 101 Å². The van der Waals surface area contributed by atoms with Crippen LogP contribution >= 0.6 is 0 Å². The Bertz CT molecular complexity index is 1260. The van der Waals surface area contributed by atoms with Crippen LogP contribution in [0.3, 0.4) is 0 Å². The lowest BCUT2D eigenvalue weighted by molar-refractivity contribution is -0.0885. The van der Waals surface area contributed by atoms with Gasteiger partial charge in [0, 0.05) is 35.5 Å². The Morgan fingerprint density at radius 3 is 1.81 bits per heavy atom. The van der Waals surface area contributed by atoms with E-state index < -0.39 is 17.5 Å². The first kappa shape index (κ1) is 34.0. The van der Waals surface area contributed by atoms with Crippen molar-refractivity contribution in [3.8, 4) is 11.1 Å². The zero-order valence-corrected chi connectivity index (χ0v) is 25.7. The zero-order chi connectivity index (χ0) is 30.9. The molecule has 0 aliphatic rings. The van der Waals surface area contributed by atoms with E-state index in [2.05, 4.69) is 29.0 Å². The lowest BCUT2D eigenvalue weighted by Gasteiger charge is -2.28. The van der Waals surface area contributed by atoms with Gasteiger partial charge in [0.1, 0.15) is 0 Å². The molecular weight excluding hydrogens is 547 g/mol. The summed E-state index contributed by atoms with van der Waals surface area (Å²) in [4.78, 5) is 14.6. The molecule has 0 N–H and O–H groups in total. The molecule has 0 saturated carbocycles. The van der Waals surface area contributed by atoms with E-state index in [-0.39, 0.29) is 0 Å². The lowest BCUT2D eigenvalue weighted by Crippen LogP contribution is -2.26. The fraction of sp³-hybridized carbons (Fsp3) is 0.472. The number of azo groups is 1. The lowest BCUT2D eigenvalue weighted by atomic mass is 9.97. The predicted octanol–water partition coefficient (Wildman–Crippen LogP) is 12.0. The van der Waals surface area contributed by atoms with Crippen molar-refractivity contribution in [2.45, 2.75) is 97.1 Å². The third-order valence-electron chi connectivity index (χ3n) is 7.64. The Kier molecular flexibility index (Phi) is 14.4. The summed E-state index contributed by atoms with van der Waals surface area (Å²) in [7, 11) is 0. The van der Waals surface area contributed by atoms with Crippen LogP contribution in [0.15, 0.2) is 83.0 Å². The largest absolute Gasteiger partial charge is 0.454 e. The van der Waals surface area contributed by atoms with Gasteiger partial charge in [-0.25, -0.2) is 0 Å². The summed E-state index contributed by atoms with van der Waals surface area (Å²) in [5.41, 5.74) is 2.78. The molecule has 4 nitrogen and oxygen atoms in total. The summed E-state index contributed by atoms with van der Waals surface area (Å²) in [5, 5.41) is 8.77. The number of anilines is 1. The van der Waals surface area contributed by atoms with Gasteiger partial charge in [0.25, 0.3) is 5.78 Å². The van der Waals surface area contributed by atoms with Crippen molar-refractivity contribution in [1.29, 1.82) is 0 Å². The van der Waals surface area contributed by atoms with Crippen molar-refractivity contribution in [2.24, 2.45) is 10.2 Å². The van der Waals surface area contributed by atoms with Crippen LogP contribution in [0, 0.1) is 0 Å². The summed E-state index contributed by atoms with van der Waals surface area (Å²) in [6.07, 6.45) is 9.18. The van der Waals surface area contributed by atoms with Crippen molar-refractivity contribution in [3.05, 3.63) is 78.4 Å². The monoisotopic (exact) mass is 593 g/mol. The summed E-state index contributed by atoms with van der Waals surface area (Å²) in [5.74, 6) is -1.87. The van der Waals surface area contributed by atoms with Crippen LogP contribution in [-0.4, -0.2) is 25.0 Å². The second-order valence-electron chi connectivity index (χ2n) is 11.1. The molecular formula is C36H46F3N3O. The summed E-state index contributed by atoms with van der Waals surface area (Å²) in [6.45, 7) is 6.15. The van der Waals surface area contributed by atoms with Crippen LogP contribution in [0.4, 0.5) is 30.2 Å². The van der Waals surface area contributed by atoms with E-state index in [1.807, 2.05) is 42.5 Å². The second-order valence-corrected chi connectivity index (χ2v) is 11.1. The molecule has 0 aliphatic carbocycles. The molecule has 3 aromatic carbocycles. The van der Waals surface area contributed by atoms with Crippen molar-refractivity contribution < 1.29 is 18.0 Å². The molecule has 0 aliphatic heterocycles. The highest BCUT2D eigenvalue weighted by Gasteiger charge is 2.39. The van der Waals surface area contributed by atoms with E-state index in [4.69, 9.17) is 0 Å². The first-order chi connectivity index (χ1) is 20.8. The number of ketones is 1. The number of carbonyl (C=O) groups is 1. The fourth-order valence-electron chi connectivity index (χ4n) is 5.25.